The van der Waals surface area contributed by atoms with Gasteiger partial charge in [-0.1, -0.05) is 30.3 Å². The lowest BCUT2D eigenvalue weighted by atomic mass is 9.83. The zero-order chi connectivity index (χ0) is 16.2. The molecule has 0 aromatic heterocycles. The number of fused-ring (bicyclic) bond motifs is 1. The maximum absolute atomic E-state index is 13.5. The third-order valence-corrected chi connectivity index (χ3v) is 5.03. The first-order chi connectivity index (χ1) is 11.1. The van der Waals surface area contributed by atoms with E-state index in [1.807, 2.05) is 0 Å². The van der Waals surface area contributed by atoms with Crippen LogP contribution < -0.4 is 5.32 Å². The Balaban J connectivity index is 1.58. The van der Waals surface area contributed by atoms with Crippen molar-refractivity contribution in [3.8, 4) is 0 Å². The number of benzene rings is 2. The van der Waals surface area contributed by atoms with Crippen LogP contribution in [-0.2, 0) is 17.6 Å². The minimum absolute atomic E-state index is 0.0604. The van der Waals surface area contributed by atoms with Gasteiger partial charge in [0.15, 0.2) is 0 Å². The molecule has 4 heteroatoms. The number of carbonyl (C=O) groups excluding carboxylic acids is 1. The number of carbonyl (C=O) groups is 1. The molecule has 0 fully saturated rings. The second kappa shape index (κ2) is 7.26. The van der Waals surface area contributed by atoms with Crippen LogP contribution in [0.15, 0.2) is 46.9 Å². The molecular weight excluding hydrogens is 357 g/mol. The van der Waals surface area contributed by atoms with Crippen molar-refractivity contribution in [2.24, 2.45) is 0 Å². The van der Waals surface area contributed by atoms with Gasteiger partial charge in [0, 0.05) is 12.5 Å². The van der Waals surface area contributed by atoms with Crippen molar-refractivity contribution in [1.82, 2.24) is 5.32 Å². The van der Waals surface area contributed by atoms with Gasteiger partial charge >= 0.3 is 0 Å². The monoisotopic (exact) mass is 375 g/mol. The quantitative estimate of drug-likeness (QED) is 0.844. The standard InChI is InChI=1S/C19H19BrFNO/c20-17-9-8-13(10-18(17)21)11-19(23)22-12-15-6-3-5-14-4-1-2-7-16(14)15/h1-2,4,7-10,15H,3,5-6,11-12H2,(H,22,23). The third-order valence-electron chi connectivity index (χ3n) is 4.39. The van der Waals surface area contributed by atoms with Gasteiger partial charge in [-0.2, -0.15) is 0 Å². The van der Waals surface area contributed by atoms with Gasteiger partial charge < -0.3 is 5.32 Å². The number of hydrogen-bond acceptors (Lipinski definition) is 1. The first kappa shape index (κ1) is 16.2. The van der Waals surface area contributed by atoms with E-state index >= 15 is 0 Å². The average molecular weight is 376 g/mol. The van der Waals surface area contributed by atoms with E-state index in [9.17, 15) is 9.18 Å². The first-order valence-electron chi connectivity index (χ1n) is 7.92. The van der Waals surface area contributed by atoms with Crippen LogP contribution in [0.1, 0.15) is 35.4 Å². The second-order valence-electron chi connectivity index (χ2n) is 6.02. The Kier molecular flexibility index (Phi) is 5.11. The highest BCUT2D eigenvalue weighted by Gasteiger charge is 2.20. The summed E-state index contributed by atoms with van der Waals surface area (Å²) in [6.07, 6.45) is 3.59. The van der Waals surface area contributed by atoms with E-state index in [2.05, 4.69) is 45.5 Å². The van der Waals surface area contributed by atoms with Crippen LogP contribution in [0, 0.1) is 5.82 Å². The zero-order valence-corrected chi connectivity index (χ0v) is 14.4. The molecule has 0 heterocycles. The van der Waals surface area contributed by atoms with Gasteiger partial charge in [0.1, 0.15) is 5.82 Å². The molecule has 1 N–H and O–H groups in total. The Morgan fingerprint density at radius 1 is 1.26 bits per heavy atom. The van der Waals surface area contributed by atoms with Gasteiger partial charge in [-0.3, -0.25) is 4.79 Å². The van der Waals surface area contributed by atoms with Crippen LogP contribution in [0.2, 0.25) is 0 Å². The molecule has 1 atom stereocenters. The molecule has 1 aliphatic carbocycles. The van der Waals surface area contributed by atoms with Gasteiger partial charge in [-0.15, -0.1) is 0 Å². The molecule has 0 spiro atoms. The van der Waals surface area contributed by atoms with E-state index in [1.165, 1.54) is 17.2 Å². The first-order valence-corrected chi connectivity index (χ1v) is 8.71. The Bertz CT molecular complexity index is 716. The molecule has 1 unspecified atom stereocenters. The highest BCUT2D eigenvalue weighted by atomic mass is 79.9. The average Bonchev–Trinajstić information content (AvgIpc) is 2.56. The summed E-state index contributed by atoms with van der Waals surface area (Å²) in [5.41, 5.74) is 3.44. The van der Waals surface area contributed by atoms with Gasteiger partial charge in [-0.25, -0.2) is 4.39 Å². The Morgan fingerprint density at radius 3 is 2.91 bits per heavy atom. The van der Waals surface area contributed by atoms with Crippen molar-refractivity contribution in [2.75, 3.05) is 6.54 Å². The summed E-state index contributed by atoms with van der Waals surface area (Å²) in [5, 5.41) is 3.00. The van der Waals surface area contributed by atoms with Crippen molar-refractivity contribution >= 4 is 21.8 Å². The van der Waals surface area contributed by atoms with E-state index in [4.69, 9.17) is 0 Å². The number of amides is 1. The molecule has 0 radical (unpaired) electrons. The molecule has 0 saturated heterocycles. The molecular formula is C19H19BrFNO. The van der Waals surface area contributed by atoms with Gasteiger partial charge in [0.2, 0.25) is 5.91 Å². The van der Waals surface area contributed by atoms with Gasteiger partial charge in [0.25, 0.3) is 0 Å². The lowest BCUT2D eigenvalue weighted by Gasteiger charge is -2.25. The minimum atomic E-state index is -0.337. The fourth-order valence-corrected chi connectivity index (χ4v) is 3.45. The van der Waals surface area contributed by atoms with Crippen molar-refractivity contribution in [3.05, 3.63) is 69.4 Å². The predicted octanol–water partition coefficient (Wildman–Crippen LogP) is 4.37. The van der Waals surface area contributed by atoms with Crippen LogP contribution in [0.4, 0.5) is 4.39 Å². The van der Waals surface area contributed by atoms with Crippen LogP contribution in [-0.4, -0.2) is 12.5 Å². The number of hydrogen-bond donors (Lipinski definition) is 1. The number of nitrogens with one attached hydrogen (secondary N) is 1. The lowest BCUT2D eigenvalue weighted by Crippen LogP contribution is -2.31. The van der Waals surface area contributed by atoms with Crippen molar-refractivity contribution in [1.29, 1.82) is 0 Å². The summed E-state index contributed by atoms with van der Waals surface area (Å²) >= 11 is 3.12. The van der Waals surface area contributed by atoms with Crippen LogP contribution >= 0.6 is 15.9 Å². The maximum atomic E-state index is 13.5. The molecule has 120 valence electrons. The summed E-state index contributed by atoms with van der Waals surface area (Å²) in [4.78, 5) is 12.1. The van der Waals surface area contributed by atoms with Crippen molar-refractivity contribution in [2.45, 2.75) is 31.6 Å². The highest BCUT2D eigenvalue weighted by Crippen LogP contribution is 2.30. The fraction of sp³-hybridized carbons (Fsp3) is 0.316. The summed E-state index contributed by atoms with van der Waals surface area (Å²) < 4.78 is 13.9. The van der Waals surface area contributed by atoms with E-state index < -0.39 is 0 Å². The van der Waals surface area contributed by atoms with Crippen LogP contribution in [0.25, 0.3) is 0 Å². The summed E-state index contributed by atoms with van der Waals surface area (Å²) in [7, 11) is 0. The molecule has 0 aliphatic heterocycles. The largest absolute Gasteiger partial charge is 0.355 e. The van der Waals surface area contributed by atoms with E-state index in [0.29, 0.717) is 22.5 Å². The lowest BCUT2D eigenvalue weighted by molar-refractivity contribution is -0.120. The second-order valence-corrected chi connectivity index (χ2v) is 6.87. The topological polar surface area (TPSA) is 29.1 Å². The van der Waals surface area contributed by atoms with E-state index in [0.717, 1.165) is 19.3 Å². The number of aryl methyl sites for hydroxylation is 1. The van der Waals surface area contributed by atoms with E-state index in [1.54, 1.807) is 12.1 Å². The number of rotatable bonds is 4. The summed E-state index contributed by atoms with van der Waals surface area (Å²) in [6, 6.07) is 13.3. The zero-order valence-electron chi connectivity index (χ0n) is 12.8. The molecule has 3 rings (SSSR count). The number of halogens is 2. The Labute approximate surface area is 144 Å². The molecule has 2 aromatic rings. The van der Waals surface area contributed by atoms with Gasteiger partial charge in [-0.05, 0) is 64.0 Å². The molecule has 2 nitrogen and oxygen atoms in total. The minimum Gasteiger partial charge on any atom is -0.355 e. The van der Waals surface area contributed by atoms with Gasteiger partial charge in [0.05, 0.1) is 10.9 Å². The third kappa shape index (κ3) is 3.99. The normalized spacial score (nSPS) is 16.7. The summed E-state index contributed by atoms with van der Waals surface area (Å²) in [5.74, 6) is -0.0168. The highest BCUT2D eigenvalue weighted by molar-refractivity contribution is 9.10. The van der Waals surface area contributed by atoms with E-state index in [-0.39, 0.29) is 18.1 Å². The Hall–Kier alpha value is -1.68. The molecule has 2 aromatic carbocycles. The van der Waals surface area contributed by atoms with Crippen molar-refractivity contribution < 1.29 is 9.18 Å². The van der Waals surface area contributed by atoms with Crippen LogP contribution in [0.5, 0.6) is 0 Å². The molecule has 1 amide bonds. The SMILES string of the molecule is O=C(Cc1ccc(Br)c(F)c1)NCC1CCCc2ccccc21. The maximum Gasteiger partial charge on any atom is 0.224 e. The summed E-state index contributed by atoms with van der Waals surface area (Å²) in [6.45, 7) is 0.648. The molecule has 23 heavy (non-hydrogen) atoms. The van der Waals surface area contributed by atoms with Crippen LogP contribution in [0.3, 0.4) is 0 Å². The smallest absolute Gasteiger partial charge is 0.224 e. The van der Waals surface area contributed by atoms with Crippen molar-refractivity contribution in [3.63, 3.8) is 0 Å². The Morgan fingerprint density at radius 2 is 2.09 bits per heavy atom. The molecule has 0 saturated carbocycles. The fourth-order valence-electron chi connectivity index (χ4n) is 3.20. The predicted molar refractivity (Wildman–Crippen MR) is 92.9 cm³/mol. The molecule has 0 bridgehead atoms. The molecule has 1 aliphatic rings.